The van der Waals surface area contributed by atoms with Crippen LogP contribution < -0.4 is 9.64 Å². The fourth-order valence-electron chi connectivity index (χ4n) is 11.3. The van der Waals surface area contributed by atoms with E-state index in [4.69, 9.17) is 4.74 Å². The second-order valence-corrected chi connectivity index (χ2v) is 17.2. The van der Waals surface area contributed by atoms with Crippen molar-refractivity contribution in [1.29, 1.82) is 0 Å². The molecule has 2 aliphatic heterocycles. The van der Waals surface area contributed by atoms with Crippen molar-refractivity contribution in [3.63, 3.8) is 0 Å². The van der Waals surface area contributed by atoms with Gasteiger partial charge >= 0.3 is 0 Å². The number of hydrogen-bond donors (Lipinski definition) is 0. The molecule has 2 aliphatic rings. The van der Waals surface area contributed by atoms with E-state index in [9.17, 15) is 0 Å². The highest BCUT2D eigenvalue weighted by atomic mass is 16.5. The molecular formula is C61H39N3O. The quantitative estimate of drug-likeness (QED) is 0.176. The van der Waals surface area contributed by atoms with Gasteiger partial charge in [0.2, 0.25) is 0 Å². The molecule has 10 aromatic carbocycles. The number of nitrogens with zero attached hydrogens (tertiary/aromatic N) is 3. The average molecular weight is 830 g/mol. The van der Waals surface area contributed by atoms with E-state index in [1.54, 1.807) is 0 Å². The molecule has 0 radical (unpaired) electrons. The number of rotatable bonds is 4. The van der Waals surface area contributed by atoms with Gasteiger partial charge in [-0.15, -0.1) is 0 Å². The highest BCUT2D eigenvalue weighted by Gasteiger charge is 2.51. The fourth-order valence-corrected chi connectivity index (χ4v) is 11.3. The number of anilines is 3. The Morgan fingerprint density at radius 1 is 0.292 bits per heavy atom. The van der Waals surface area contributed by atoms with Crippen molar-refractivity contribution in [3.8, 4) is 34.0 Å². The van der Waals surface area contributed by atoms with Gasteiger partial charge in [-0.25, -0.2) is 0 Å². The lowest BCUT2D eigenvalue weighted by Crippen LogP contribution is -2.39. The molecule has 0 amide bonds. The highest BCUT2D eigenvalue weighted by Crippen LogP contribution is 2.63. The summed E-state index contributed by atoms with van der Waals surface area (Å²) in [4.78, 5) is 2.49. The van der Waals surface area contributed by atoms with Gasteiger partial charge < -0.3 is 18.8 Å². The first-order valence-corrected chi connectivity index (χ1v) is 22.3. The van der Waals surface area contributed by atoms with E-state index < -0.39 is 5.41 Å². The number of benzene rings is 10. The summed E-state index contributed by atoms with van der Waals surface area (Å²) in [6.45, 7) is 0. The number of aromatic nitrogens is 2. The van der Waals surface area contributed by atoms with E-state index in [0.29, 0.717) is 0 Å². The van der Waals surface area contributed by atoms with Gasteiger partial charge in [-0.2, -0.15) is 0 Å². The van der Waals surface area contributed by atoms with Crippen LogP contribution in [0.15, 0.2) is 237 Å². The molecule has 4 heteroatoms. The molecule has 0 aliphatic carbocycles. The van der Waals surface area contributed by atoms with Crippen molar-refractivity contribution >= 4 is 60.7 Å². The summed E-state index contributed by atoms with van der Waals surface area (Å²) in [5, 5.41) is 4.92. The second kappa shape index (κ2) is 13.7. The van der Waals surface area contributed by atoms with Crippen molar-refractivity contribution in [3.05, 3.63) is 259 Å². The van der Waals surface area contributed by atoms with Gasteiger partial charge in [0, 0.05) is 49.7 Å². The maximum absolute atomic E-state index is 6.80. The molecule has 1 spiro atoms. The van der Waals surface area contributed by atoms with Crippen LogP contribution in [0.5, 0.6) is 11.5 Å². The summed E-state index contributed by atoms with van der Waals surface area (Å²) in [5.41, 5.74) is 16.7. The van der Waals surface area contributed by atoms with Crippen molar-refractivity contribution < 1.29 is 4.74 Å². The lowest BCUT2D eigenvalue weighted by atomic mass is 9.61. The summed E-state index contributed by atoms with van der Waals surface area (Å²) in [7, 11) is 0. The molecule has 4 heterocycles. The summed E-state index contributed by atoms with van der Waals surface area (Å²) >= 11 is 0. The lowest BCUT2D eigenvalue weighted by molar-refractivity contribution is 0.434. The molecule has 0 bridgehead atoms. The normalized spacial score (nSPS) is 13.4. The van der Waals surface area contributed by atoms with Crippen LogP contribution in [0.1, 0.15) is 22.3 Å². The molecule has 304 valence electrons. The van der Waals surface area contributed by atoms with Crippen molar-refractivity contribution in [2.24, 2.45) is 0 Å². The number of hydrogen-bond acceptors (Lipinski definition) is 2. The van der Waals surface area contributed by atoms with Crippen molar-refractivity contribution in [2.75, 3.05) is 4.90 Å². The first-order chi connectivity index (χ1) is 32.3. The molecule has 14 rings (SSSR count). The molecule has 0 unspecified atom stereocenters. The maximum Gasteiger partial charge on any atom is 0.132 e. The van der Waals surface area contributed by atoms with Crippen LogP contribution in [0.2, 0.25) is 0 Å². The first-order valence-electron chi connectivity index (χ1n) is 22.3. The van der Waals surface area contributed by atoms with Gasteiger partial charge in [0.05, 0.1) is 38.9 Å². The van der Waals surface area contributed by atoms with Gasteiger partial charge in [-0.3, -0.25) is 0 Å². The summed E-state index contributed by atoms with van der Waals surface area (Å²) < 4.78 is 11.6. The van der Waals surface area contributed by atoms with Gasteiger partial charge in [0.15, 0.2) is 0 Å². The van der Waals surface area contributed by atoms with E-state index in [2.05, 4.69) is 251 Å². The molecule has 0 atom stereocenters. The molecule has 0 saturated heterocycles. The average Bonchev–Trinajstić information content (AvgIpc) is 3.89. The van der Waals surface area contributed by atoms with E-state index in [1.165, 1.54) is 54.8 Å². The van der Waals surface area contributed by atoms with Crippen LogP contribution >= 0.6 is 0 Å². The molecule has 0 N–H and O–H groups in total. The van der Waals surface area contributed by atoms with E-state index in [1.807, 2.05) is 0 Å². The zero-order valence-electron chi connectivity index (χ0n) is 35.3. The van der Waals surface area contributed by atoms with E-state index in [-0.39, 0.29) is 0 Å². The number of para-hydroxylation sites is 7. The molecule has 0 saturated carbocycles. The molecule has 12 aromatic rings. The summed E-state index contributed by atoms with van der Waals surface area (Å²) in [6.07, 6.45) is 0. The third-order valence-corrected chi connectivity index (χ3v) is 13.9. The maximum atomic E-state index is 6.80. The van der Waals surface area contributed by atoms with Gasteiger partial charge in [-0.05, 0) is 113 Å². The third-order valence-electron chi connectivity index (χ3n) is 13.9. The molecule has 4 nitrogen and oxygen atoms in total. The van der Waals surface area contributed by atoms with E-state index in [0.717, 1.165) is 62.1 Å². The highest BCUT2D eigenvalue weighted by molar-refractivity contribution is 6.12. The number of ether oxygens (including phenoxy) is 1. The SMILES string of the molecule is c1ccc(-n2c3ccccc3c3cc(-c4ccc5c(c4)C4(c6ccccc6Oc6ccccc64)c4ccccc4N5c4ccc5c6ccccc6n(-c6ccccc6)c5c4)ccc32)cc1. The second-order valence-electron chi connectivity index (χ2n) is 17.2. The minimum Gasteiger partial charge on any atom is -0.457 e. The van der Waals surface area contributed by atoms with Crippen LogP contribution in [0.25, 0.3) is 66.1 Å². The van der Waals surface area contributed by atoms with Crippen LogP contribution in [0.4, 0.5) is 17.1 Å². The van der Waals surface area contributed by atoms with Gasteiger partial charge in [0.1, 0.15) is 11.5 Å². The summed E-state index contributed by atoms with van der Waals surface area (Å²) in [5.74, 6) is 1.74. The van der Waals surface area contributed by atoms with E-state index >= 15 is 0 Å². The minimum absolute atomic E-state index is 0.694. The predicted molar refractivity (Wildman–Crippen MR) is 267 cm³/mol. The molecule has 0 fully saturated rings. The van der Waals surface area contributed by atoms with Crippen LogP contribution in [-0.4, -0.2) is 9.13 Å². The monoisotopic (exact) mass is 829 g/mol. The Labute approximate surface area is 376 Å². The summed E-state index contributed by atoms with van der Waals surface area (Å²) in [6, 6.07) is 86.3. The van der Waals surface area contributed by atoms with Crippen LogP contribution in [-0.2, 0) is 5.41 Å². The lowest BCUT2D eigenvalue weighted by Gasteiger charge is -2.48. The Morgan fingerprint density at radius 3 is 1.48 bits per heavy atom. The Kier molecular flexibility index (Phi) is 7.57. The van der Waals surface area contributed by atoms with Gasteiger partial charge in [-0.1, -0.05) is 146 Å². The van der Waals surface area contributed by atoms with Crippen LogP contribution in [0, 0.1) is 0 Å². The Morgan fingerprint density at radius 2 is 0.785 bits per heavy atom. The first kappa shape index (κ1) is 35.9. The largest absolute Gasteiger partial charge is 0.457 e. The zero-order chi connectivity index (χ0) is 42.6. The standard InChI is InChI=1S/C61H39N3O/c1-3-17-42(18-4-1)62-54-27-13-8-22-46(54)48-37-40(31-35-55(48)62)41-32-36-57-52(38-41)61(50-24-10-15-29-59(50)65-60-30-16-11-25-51(60)61)49-23-9-14-28-56(49)64(57)44-33-34-47-45-21-7-12-26-53(45)63(58(47)39-44)43-19-5-2-6-20-43/h1-39H. The number of fused-ring (bicyclic) bond motifs is 14. The Balaban J connectivity index is 1.06. The fraction of sp³-hybridized carbons (Fsp3) is 0.0164. The van der Waals surface area contributed by atoms with Gasteiger partial charge in [0.25, 0.3) is 0 Å². The third kappa shape index (κ3) is 5.02. The predicted octanol–water partition coefficient (Wildman–Crippen LogP) is 15.8. The topological polar surface area (TPSA) is 22.3 Å². The van der Waals surface area contributed by atoms with Crippen LogP contribution in [0.3, 0.4) is 0 Å². The molecule has 65 heavy (non-hydrogen) atoms. The Bertz CT molecular complexity index is 3830. The molecule has 2 aromatic heterocycles. The zero-order valence-corrected chi connectivity index (χ0v) is 35.3. The minimum atomic E-state index is -0.694. The van der Waals surface area contributed by atoms with Crippen molar-refractivity contribution in [1.82, 2.24) is 9.13 Å². The Hall–Kier alpha value is -8.60. The molecular weight excluding hydrogens is 791 g/mol. The smallest absolute Gasteiger partial charge is 0.132 e. The van der Waals surface area contributed by atoms with Crippen molar-refractivity contribution in [2.45, 2.75) is 5.41 Å².